The van der Waals surface area contributed by atoms with E-state index < -0.39 is 0 Å². The molecule has 1 aromatic carbocycles. The lowest BCUT2D eigenvalue weighted by atomic mass is 10.1. The molecule has 20 heavy (non-hydrogen) atoms. The number of guanidine groups is 1. The van der Waals surface area contributed by atoms with Crippen molar-refractivity contribution in [3.8, 4) is 5.75 Å². The van der Waals surface area contributed by atoms with Gasteiger partial charge in [-0.25, -0.2) is 0 Å². The van der Waals surface area contributed by atoms with Gasteiger partial charge >= 0.3 is 0 Å². The van der Waals surface area contributed by atoms with E-state index in [9.17, 15) is 0 Å². The maximum absolute atomic E-state index is 5.97. The summed E-state index contributed by atoms with van der Waals surface area (Å²) in [5, 5.41) is 0. The Hall–Kier alpha value is -1.02. The molecule has 1 saturated heterocycles. The second-order valence-electron chi connectivity index (χ2n) is 4.40. The lowest BCUT2D eigenvalue weighted by Crippen LogP contribution is -2.44. The molecular formula is C14H22IN3O2. The molecule has 0 atom stereocenters. The summed E-state index contributed by atoms with van der Waals surface area (Å²) >= 11 is 0. The molecule has 1 heterocycles. The van der Waals surface area contributed by atoms with Crippen LogP contribution < -0.4 is 10.5 Å². The number of rotatable bonds is 4. The molecule has 5 nitrogen and oxygen atoms in total. The average Bonchev–Trinajstić information content (AvgIpc) is 2.48. The number of aliphatic imine (C=N–C) groups is 1. The Kier molecular flexibility index (Phi) is 7.68. The third kappa shape index (κ3) is 4.82. The third-order valence-corrected chi connectivity index (χ3v) is 3.18. The Labute approximate surface area is 137 Å². The van der Waals surface area contributed by atoms with Crippen LogP contribution in [0.1, 0.15) is 5.56 Å². The average molecular weight is 391 g/mol. The van der Waals surface area contributed by atoms with Crippen LogP contribution in [0.15, 0.2) is 29.3 Å². The number of benzene rings is 1. The Morgan fingerprint density at radius 3 is 2.75 bits per heavy atom. The van der Waals surface area contributed by atoms with Gasteiger partial charge in [0.05, 0.1) is 20.3 Å². The first-order valence-corrected chi connectivity index (χ1v) is 6.56. The first-order chi connectivity index (χ1) is 9.31. The van der Waals surface area contributed by atoms with Crippen molar-refractivity contribution in [1.82, 2.24) is 4.90 Å². The molecule has 0 bridgehead atoms. The molecule has 0 saturated carbocycles. The van der Waals surface area contributed by atoms with Crippen LogP contribution in [-0.4, -0.2) is 50.8 Å². The minimum atomic E-state index is 0. The van der Waals surface area contributed by atoms with E-state index >= 15 is 0 Å². The van der Waals surface area contributed by atoms with Crippen LogP contribution in [0, 0.1) is 0 Å². The summed E-state index contributed by atoms with van der Waals surface area (Å²) in [4.78, 5) is 6.49. The van der Waals surface area contributed by atoms with Crippen LogP contribution in [0.4, 0.5) is 0 Å². The standard InChI is InChI=1S/C14H21N3O2.HI/c1-18-13-5-3-2-4-12(13)6-7-16-14(15)17-8-10-19-11-9-17;/h2-5H,6-11H2,1H3,(H2,15,16);1H. The maximum atomic E-state index is 5.97. The zero-order chi connectivity index (χ0) is 13.5. The highest BCUT2D eigenvalue weighted by molar-refractivity contribution is 14.0. The fourth-order valence-corrected chi connectivity index (χ4v) is 2.09. The topological polar surface area (TPSA) is 60.1 Å². The quantitative estimate of drug-likeness (QED) is 0.480. The van der Waals surface area contributed by atoms with Crippen LogP contribution in [0.3, 0.4) is 0 Å². The molecule has 1 aliphatic rings. The largest absolute Gasteiger partial charge is 0.496 e. The van der Waals surface area contributed by atoms with E-state index in [1.54, 1.807) is 7.11 Å². The summed E-state index contributed by atoms with van der Waals surface area (Å²) in [7, 11) is 1.68. The molecule has 0 spiro atoms. The monoisotopic (exact) mass is 391 g/mol. The fourth-order valence-electron chi connectivity index (χ4n) is 2.09. The van der Waals surface area contributed by atoms with E-state index in [1.165, 1.54) is 0 Å². The molecule has 0 radical (unpaired) electrons. The molecule has 0 amide bonds. The first kappa shape index (κ1) is 17.0. The smallest absolute Gasteiger partial charge is 0.191 e. The van der Waals surface area contributed by atoms with E-state index in [1.807, 2.05) is 18.2 Å². The zero-order valence-electron chi connectivity index (χ0n) is 11.7. The van der Waals surface area contributed by atoms with Crippen molar-refractivity contribution in [3.63, 3.8) is 0 Å². The molecular weight excluding hydrogens is 369 g/mol. The van der Waals surface area contributed by atoms with Crippen LogP contribution in [0.5, 0.6) is 5.75 Å². The highest BCUT2D eigenvalue weighted by Gasteiger charge is 2.11. The SMILES string of the molecule is COc1ccccc1CCN=C(N)N1CCOCC1.I. The molecule has 2 N–H and O–H groups in total. The predicted octanol–water partition coefficient (Wildman–Crippen LogP) is 1.50. The van der Waals surface area contributed by atoms with Gasteiger partial charge in [0.1, 0.15) is 5.75 Å². The fraction of sp³-hybridized carbons (Fsp3) is 0.500. The van der Waals surface area contributed by atoms with Crippen molar-refractivity contribution in [2.45, 2.75) is 6.42 Å². The minimum absolute atomic E-state index is 0. The normalized spacial score (nSPS) is 15.7. The van der Waals surface area contributed by atoms with E-state index in [0.717, 1.165) is 44.0 Å². The molecule has 1 aromatic rings. The van der Waals surface area contributed by atoms with Crippen LogP contribution >= 0.6 is 24.0 Å². The van der Waals surface area contributed by atoms with Gasteiger partial charge in [0, 0.05) is 19.6 Å². The number of hydrogen-bond acceptors (Lipinski definition) is 3. The highest BCUT2D eigenvalue weighted by Crippen LogP contribution is 2.17. The predicted molar refractivity (Wildman–Crippen MR) is 91.0 cm³/mol. The Balaban J connectivity index is 0.00000200. The molecule has 112 valence electrons. The molecule has 0 aromatic heterocycles. The Bertz CT molecular complexity index is 434. The number of para-hydroxylation sites is 1. The van der Waals surface area contributed by atoms with Gasteiger partial charge in [-0.1, -0.05) is 18.2 Å². The van der Waals surface area contributed by atoms with Crippen LogP contribution in [0.25, 0.3) is 0 Å². The summed E-state index contributed by atoms with van der Waals surface area (Å²) in [6.45, 7) is 3.77. The lowest BCUT2D eigenvalue weighted by Gasteiger charge is -2.27. The number of ether oxygens (including phenoxy) is 2. The van der Waals surface area contributed by atoms with Gasteiger partial charge in [0.2, 0.25) is 0 Å². The molecule has 0 unspecified atom stereocenters. The number of hydrogen-bond donors (Lipinski definition) is 1. The second-order valence-corrected chi connectivity index (χ2v) is 4.40. The number of morpholine rings is 1. The van der Waals surface area contributed by atoms with Gasteiger partial charge in [-0.3, -0.25) is 4.99 Å². The van der Waals surface area contributed by atoms with Gasteiger partial charge in [-0.05, 0) is 18.1 Å². The number of nitrogens with two attached hydrogens (primary N) is 1. The Morgan fingerprint density at radius 1 is 1.35 bits per heavy atom. The number of nitrogens with zero attached hydrogens (tertiary/aromatic N) is 2. The zero-order valence-corrected chi connectivity index (χ0v) is 14.1. The third-order valence-electron chi connectivity index (χ3n) is 3.18. The van der Waals surface area contributed by atoms with E-state index in [2.05, 4.69) is 16.0 Å². The number of methoxy groups -OCH3 is 1. The summed E-state index contributed by atoms with van der Waals surface area (Å²) < 4.78 is 10.6. The summed E-state index contributed by atoms with van der Waals surface area (Å²) in [5.41, 5.74) is 7.13. The Morgan fingerprint density at radius 2 is 2.05 bits per heavy atom. The van der Waals surface area contributed by atoms with Gasteiger partial charge in [-0.2, -0.15) is 0 Å². The molecule has 0 aliphatic carbocycles. The van der Waals surface area contributed by atoms with Crippen molar-refractivity contribution in [1.29, 1.82) is 0 Å². The lowest BCUT2D eigenvalue weighted by molar-refractivity contribution is 0.0674. The molecule has 1 fully saturated rings. The minimum Gasteiger partial charge on any atom is -0.496 e. The van der Waals surface area contributed by atoms with Crippen molar-refractivity contribution >= 4 is 29.9 Å². The van der Waals surface area contributed by atoms with Crippen molar-refractivity contribution in [3.05, 3.63) is 29.8 Å². The summed E-state index contributed by atoms with van der Waals surface area (Å²) in [6, 6.07) is 7.99. The van der Waals surface area contributed by atoms with E-state index in [4.69, 9.17) is 15.2 Å². The number of halogens is 1. The summed E-state index contributed by atoms with van der Waals surface area (Å²) in [5.74, 6) is 1.51. The van der Waals surface area contributed by atoms with Crippen LogP contribution in [0.2, 0.25) is 0 Å². The maximum Gasteiger partial charge on any atom is 0.191 e. The van der Waals surface area contributed by atoms with Crippen molar-refractivity contribution < 1.29 is 9.47 Å². The van der Waals surface area contributed by atoms with Gasteiger partial charge in [0.25, 0.3) is 0 Å². The summed E-state index contributed by atoms with van der Waals surface area (Å²) in [6.07, 6.45) is 0.828. The molecule has 2 rings (SSSR count). The van der Waals surface area contributed by atoms with Gasteiger partial charge in [0.15, 0.2) is 5.96 Å². The van der Waals surface area contributed by atoms with Crippen molar-refractivity contribution in [2.24, 2.45) is 10.7 Å². The van der Waals surface area contributed by atoms with E-state index in [0.29, 0.717) is 12.5 Å². The highest BCUT2D eigenvalue weighted by atomic mass is 127. The first-order valence-electron chi connectivity index (χ1n) is 6.56. The molecule has 1 aliphatic heterocycles. The second kappa shape index (κ2) is 9.02. The van der Waals surface area contributed by atoms with E-state index in [-0.39, 0.29) is 24.0 Å². The van der Waals surface area contributed by atoms with Crippen molar-refractivity contribution in [2.75, 3.05) is 40.0 Å². The van der Waals surface area contributed by atoms with Crippen LogP contribution in [-0.2, 0) is 11.2 Å². The molecule has 6 heteroatoms. The van der Waals surface area contributed by atoms with Gasteiger partial charge in [-0.15, -0.1) is 24.0 Å². The van der Waals surface area contributed by atoms with Gasteiger partial charge < -0.3 is 20.1 Å².